The number of methoxy groups -OCH3 is 1. The van der Waals surface area contributed by atoms with E-state index in [4.69, 9.17) is 9.84 Å². The Balaban J connectivity index is 2.02. The zero-order chi connectivity index (χ0) is 16.6. The summed E-state index contributed by atoms with van der Waals surface area (Å²) in [6, 6.07) is 9.69. The van der Waals surface area contributed by atoms with Crippen LogP contribution in [0.25, 0.3) is 10.8 Å². The highest BCUT2D eigenvalue weighted by molar-refractivity contribution is 6.07. The predicted octanol–water partition coefficient (Wildman–Crippen LogP) is 3.85. The Kier molecular flexibility index (Phi) is 3.84. The van der Waals surface area contributed by atoms with Gasteiger partial charge in [-0.15, -0.1) is 0 Å². The molecule has 0 aromatic heterocycles. The second-order valence-electron chi connectivity index (χ2n) is 6.46. The Labute approximate surface area is 135 Å². The number of carboxylic acids is 1. The van der Waals surface area contributed by atoms with Crippen molar-refractivity contribution in [2.75, 3.05) is 7.11 Å². The maximum absolute atomic E-state index is 12.9. The molecule has 0 bridgehead atoms. The highest BCUT2D eigenvalue weighted by Gasteiger charge is 2.38. The second kappa shape index (κ2) is 5.69. The van der Waals surface area contributed by atoms with Crippen molar-refractivity contribution in [2.45, 2.75) is 32.6 Å². The lowest BCUT2D eigenvalue weighted by atomic mass is 9.68. The summed E-state index contributed by atoms with van der Waals surface area (Å²) in [7, 11) is 1.64. The first-order valence-electron chi connectivity index (χ1n) is 7.81. The van der Waals surface area contributed by atoms with Gasteiger partial charge in [0, 0.05) is 17.4 Å². The van der Waals surface area contributed by atoms with Gasteiger partial charge in [-0.05, 0) is 47.7 Å². The van der Waals surface area contributed by atoms with E-state index in [-0.39, 0.29) is 12.2 Å². The number of aliphatic carboxylic acids is 1. The molecule has 1 atom stereocenters. The Morgan fingerprint density at radius 1 is 1.30 bits per heavy atom. The molecule has 2 aromatic carbocycles. The monoisotopic (exact) mass is 312 g/mol. The molecule has 1 unspecified atom stereocenters. The smallest absolute Gasteiger partial charge is 0.303 e. The van der Waals surface area contributed by atoms with E-state index < -0.39 is 11.4 Å². The molecule has 3 rings (SSSR count). The number of ketones is 1. The van der Waals surface area contributed by atoms with Crippen molar-refractivity contribution in [1.82, 2.24) is 0 Å². The molecule has 0 spiro atoms. The molecule has 0 radical (unpaired) electrons. The lowest BCUT2D eigenvalue weighted by molar-refractivity contribution is -0.137. The van der Waals surface area contributed by atoms with Crippen molar-refractivity contribution in [3.63, 3.8) is 0 Å². The van der Waals surface area contributed by atoms with Crippen molar-refractivity contribution in [2.24, 2.45) is 5.41 Å². The van der Waals surface area contributed by atoms with Crippen LogP contribution in [0.5, 0.6) is 5.75 Å². The molecule has 120 valence electrons. The summed E-state index contributed by atoms with van der Waals surface area (Å²) in [6.45, 7) is 1.89. The van der Waals surface area contributed by atoms with Crippen LogP contribution in [0.1, 0.15) is 42.1 Å². The van der Waals surface area contributed by atoms with Crippen LogP contribution in [0, 0.1) is 5.41 Å². The van der Waals surface area contributed by atoms with Gasteiger partial charge in [0.2, 0.25) is 0 Å². The Bertz CT molecular complexity index is 793. The van der Waals surface area contributed by atoms with Crippen molar-refractivity contribution < 1.29 is 19.4 Å². The summed E-state index contributed by atoms with van der Waals surface area (Å²) in [5, 5.41) is 11.0. The van der Waals surface area contributed by atoms with Crippen molar-refractivity contribution in [3.05, 3.63) is 41.5 Å². The van der Waals surface area contributed by atoms with Crippen LogP contribution < -0.4 is 4.74 Å². The van der Waals surface area contributed by atoms with Crippen LogP contribution >= 0.6 is 0 Å². The van der Waals surface area contributed by atoms with Gasteiger partial charge < -0.3 is 9.84 Å². The van der Waals surface area contributed by atoms with Gasteiger partial charge in [0.1, 0.15) is 5.75 Å². The van der Waals surface area contributed by atoms with E-state index in [0.29, 0.717) is 12.8 Å². The third-order valence-corrected chi connectivity index (χ3v) is 4.95. The lowest BCUT2D eigenvalue weighted by Crippen LogP contribution is -2.34. The fraction of sp³-hybridized carbons (Fsp3) is 0.368. The number of fused-ring (bicyclic) bond motifs is 3. The minimum absolute atomic E-state index is 0.0301. The Morgan fingerprint density at radius 3 is 2.78 bits per heavy atom. The van der Waals surface area contributed by atoms with E-state index in [1.54, 1.807) is 7.11 Å². The first kappa shape index (κ1) is 15.5. The van der Waals surface area contributed by atoms with Gasteiger partial charge in [-0.25, -0.2) is 0 Å². The molecule has 1 aliphatic rings. The normalized spacial score (nSPS) is 20.3. The number of ether oxygens (including phenoxy) is 1. The van der Waals surface area contributed by atoms with E-state index in [1.807, 2.05) is 37.3 Å². The summed E-state index contributed by atoms with van der Waals surface area (Å²) < 4.78 is 5.25. The van der Waals surface area contributed by atoms with Gasteiger partial charge in [0.05, 0.1) is 7.11 Å². The lowest BCUT2D eigenvalue weighted by Gasteiger charge is -2.33. The molecule has 0 amide bonds. The van der Waals surface area contributed by atoms with Crippen molar-refractivity contribution >= 4 is 22.5 Å². The van der Waals surface area contributed by atoms with E-state index >= 15 is 0 Å². The molecule has 0 saturated carbocycles. The molecule has 2 aromatic rings. The highest BCUT2D eigenvalue weighted by Crippen LogP contribution is 2.41. The predicted molar refractivity (Wildman–Crippen MR) is 88.1 cm³/mol. The van der Waals surface area contributed by atoms with Gasteiger partial charge in [0.25, 0.3) is 0 Å². The molecule has 4 nitrogen and oxygen atoms in total. The molecular formula is C19H20O4. The summed E-state index contributed by atoms with van der Waals surface area (Å²) in [5.41, 5.74) is 1.23. The van der Waals surface area contributed by atoms with Crippen LogP contribution in [-0.4, -0.2) is 24.0 Å². The number of carboxylic acid groups (broad SMARTS) is 1. The number of carbonyl (C=O) groups excluding carboxylic acids is 1. The number of aryl methyl sites for hydroxylation is 1. The first-order valence-corrected chi connectivity index (χ1v) is 7.81. The molecule has 0 saturated heterocycles. The van der Waals surface area contributed by atoms with Gasteiger partial charge in [0.15, 0.2) is 5.78 Å². The van der Waals surface area contributed by atoms with Gasteiger partial charge in [-0.3, -0.25) is 9.59 Å². The Morgan fingerprint density at radius 2 is 2.09 bits per heavy atom. The average Bonchev–Trinajstić information content (AvgIpc) is 2.55. The third kappa shape index (κ3) is 2.69. The third-order valence-electron chi connectivity index (χ3n) is 4.95. The quantitative estimate of drug-likeness (QED) is 0.931. The van der Waals surface area contributed by atoms with Crippen LogP contribution in [0.4, 0.5) is 0 Å². The van der Waals surface area contributed by atoms with Crippen LogP contribution in [-0.2, 0) is 11.2 Å². The second-order valence-corrected chi connectivity index (χ2v) is 6.46. The van der Waals surface area contributed by atoms with Crippen LogP contribution in [0.2, 0.25) is 0 Å². The minimum atomic E-state index is -0.851. The topological polar surface area (TPSA) is 63.6 Å². The molecule has 0 aliphatic heterocycles. The van der Waals surface area contributed by atoms with E-state index in [2.05, 4.69) is 0 Å². The molecule has 1 aliphatic carbocycles. The molecule has 0 heterocycles. The first-order chi connectivity index (χ1) is 10.9. The molecule has 4 heteroatoms. The number of Topliss-reactive ketones (excluding diaryl/α,β-unsaturated/α-hetero) is 1. The number of hydrogen-bond donors (Lipinski definition) is 1. The van der Waals surface area contributed by atoms with Gasteiger partial charge in [-0.1, -0.05) is 25.1 Å². The van der Waals surface area contributed by atoms with Gasteiger partial charge in [-0.2, -0.15) is 0 Å². The van der Waals surface area contributed by atoms with Crippen molar-refractivity contribution in [1.29, 1.82) is 0 Å². The fourth-order valence-corrected chi connectivity index (χ4v) is 3.44. The summed E-state index contributed by atoms with van der Waals surface area (Å²) in [5.74, 6) is 0.0130. The standard InChI is InChI=1S/C19H20O4/c1-19(10-8-17(20)21)9-7-15-14-6-4-13(23-2)11-12(14)3-5-16(15)18(19)22/h3-6,11H,7-10H2,1-2H3,(H,20,21). The number of carbonyl (C=O) groups is 2. The van der Waals surface area contributed by atoms with Crippen molar-refractivity contribution in [3.8, 4) is 5.75 Å². The maximum atomic E-state index is 12.9. The fourth-order valence-electron chi connectivity index (χ4n) is 3.44. The van der Waals surface area contributed by atoms with E-state index in [9.17, 15) is 9.59 Å². The molecule has 0 fully saturated rings. The zero-order valence-corrected chi connectivity index (χ0v) is 13.4. The van der Waals surface area contributed by atoms with Crippen LogP contribution in [0.15, 0.2) is 30.3 Å². The maximum Gasteiger partial charge on any atom is 0.303 e. The largest absolute Gasteiger partial charge is 0.497 e. The summed E-state index contributed by atoms with van der Waals surface area (Å²) >= 11 is 0. The number of benzene rings is 2. The van der Waals surface area contributed by atoms with E-state index in [0.717, 1.165) is 34.1 Å². The van der Waals surface area contributed by atoms with Crippen LogP contribution in [0.3, 0.4) is 0 Å². The van der Waals surface area contributed by atoms with Gasteiger partial charge >= 0.3 is 5.97 Å². The Hall–Kier alpha value is -2.36. The minimum Gasteiger partial charge on any atom is -0.497 e. The number of hydrogen-bond acceptors (Lipinski definition) is 3. The highest BCUT2D eigenvalue weighted by atomic mass is 16.5. The number of rotatable bonds is 4. The summed E-state index contributed by atoms with van der Waals surface area (Å²) in [6.07, 6.45) is 1.90. The SMILES string of the molecule is COc1ccc2c3c(ccc2c1)C(=O)C(C)(CCC(=O)O)CC3. The zero-order valence-electron chi connectivity index (χ0n) is 13.4. The molecular weight excluding hydrogens is 292 g/mol. The molecule has 1 N–H and O–H groups in total. The molecule has 23 heavy (non-hydrogen) atoms. The summed E-state index contributed by atoms with van der Waals surface area (Å²) in [4.78, 5) is 23.7. The van der Waals surface area contributed by atoms with E-state index in [1.165, 1.54) is 0 Å². The average molecular weight is 312 g/mol.